The van der Waals surface area contributed by atoms with Gasteiger partial charge in [0.1, 0.15) is 0 Å². The van der Waals surface area contributed by atoms with Gasteiger partial charge in [0.25, 0.3) is 0 Å². The van der Waals surface area contributed by atoms with Gasteiger partial charge in [0.2, 0.25) is 6.29 Å². The van der Waals surface area contributed by atoms with Gasteiger partial charge in [-0.3, -0.25) is 4.90 Å². The smallest absolute Gasteiger partial charge is 0.238 e. The molecule has 1 unspecified atom stereocenters. The lowest BCUT2D eigenvalue weighted by molar-refractivity contribution is 0.0678. The lowest BCUT2D eigenvalue weighted by Crippen LogP contribution is -2.45. The number of anilines is 1. The summed E-state index contributed by atoms with van der Waals surface area (Å²) in [7, 11) is 0. The van der Waals surface area contributed by atoms with Crippen LogP contribution >= 0.6 is 11.3 Å². The highest BCUT2D eigenvalue weighted by Crippen LogP contribution is 2.35. The molecule has 0 radical (unpaired) electrons. The molecule has 0 aliphatic carbocycles. The van der Waals surface area contributed by atoms with Crippen molar-refractivity contribution < 1.29 is 9.47 Å². The van der Waals surface area contributed by atoms with Crippen LogP contribution in [-0.2, 0) is 6.54 Å². The average molecular weight is 394 g/mol. The number of fused-ring (bicyclic) bond motifs is 1. The van der Waals surface area contributed by atoms with E-state index in [-0.39, 0.29) is 6.29 Å². The highest BCUT2D eigenvalue weighted by Gasteiger charge is 2.22. The van der Waals surface area contributed by atoms with Gasteiger partial charge in [-0.15, -0.1) is 11.3 Å². The molecular formula is C22H23N3O2S. The van der Waals surface area contributed by atoms with E-state index < -0.39 is 0 Å². The summed E-state index contributed by atoms with van der Waals surface area (Å²) in [5.74, 6) is 1.71. The van der Waals surface area contributed by atoms with Crippen LogP contribution in [0, 0.1) is 0 Å². The van der Waals surface area contributed by atoms with Gasteiger partial charge in [0, 0.05) is 50.6 Å². The van der Waals surface area contributed by atoms with Gasteiger partial charge >= 0.3 is 0 Å². The SMILES string of the molecule is CC1Oc2ccc(CN3CCN(c4nc(-c5ccccc5)cs4)CC3)cc2O1. The van der Waals surface area contributed by atoms with E-state index in [2.05, 4.69) is 51.6 Å². The minimum absolute atomic E-state index is 0.187. The molecular weight excluding hydrogens is 370 g/mol. The van der Waals surface area contributed by atoms with Crippen LogP contribution in [0.1, 0.15) is 12.5 Å². The van der Waals surface area contributed by atoms with Crippen LogP contribution < -0.4 is 14.4 Å². The second-order valence-electron chi connectivity index (χ2n) is 7.23. The normalized spacial score (nSPS) is 19.2. The number of hydrogen-bond acceptors (Lipinski definition) is 6. The Balaban J connectivity index is 1.19. The van der Waals surface area contributed by atoms with Gasteiger partial charge in [-0.2, -0.15) is 0 Å². The number of rotatable bonds is 4. The molecule has 6 heteroatoms. The number of thiazole rings is 1. The van der Waals surface area contributed by atoms with Crippen LogP contribution in [0.2, 0.25) is 0 Å². The fourth-order valence-corrected chi connectivity index (χ4v) is 4.62. The minimum atomic E-state index is -0.187. The molecule has 3 heterocycles. The maximum atomic E-state index is 5.69. The standard InChI is InChI=1S/C22H23N3O2S/c1-16-26-20-8-7-17(13-21(20)27-16)14-24-9-11-25(12-10-24)22-23-19(15-28-22)18-5-3-2-4-6-18/h2-8,13,15-16H,9-12,14H2,1H3. The summed E-state index contributed by atoms with van der Waals surface area (Å²) in [6.07, 6.45) is -0.187. The quantitative estimate of drug-likeness (QED) is 0.662. The van der Waals surface area contributed by atoms with Gasteiger partial charge in [0.15, 0.2) is 16.6 Å². The summed E-state index contributed by atoms with van der Waals surface area (Å²) in [5, 5.41) is 3.28. The average Bonchev–Trinajstić information content (AvgIpc) is 3.35. The monoisotopic (exact) mass is 393 g/mol. The highest BCUT2D eigenvalue weighted by atomic mass is 32.1. The van der Waals surface area contributed by atoms with Crippen molar-refractivity contribution in [1.82, 2.24) is 9.88 Å². The molecule has 0 saturated carbocycles. The summed E-state index contributed by atoms with van der Waals surface area (Å²) in [6, 6.07) is 16.7. The van der Waals surface area contributed by atoms with E-state index in [1.54, 1.807) is 11.3 Å². The van der Waals surface area contributed by atoms with E-state index >= 15 is 0 Å². The molecule has 1 fully saturated rings. The molecule has 0 amide bonds. The maximum Gasteiger partial charge on any atom is 0.238 e. The second-order valence-corrected chi connectivity index (χ2v) is 8.07. The topological polar surface area (TPSA) is 37.8 Å². The molecule has 0 spiro atoms. The zero-order valence-corrected chi connectivity index (χ0v) is 16.7. The number of piperazine rings is 1. The van der Waals surface area contributed by atoms with E-state index in [9.17, 15) is 0 Å². The Kier molecular flexibility index (Phi) is 4.66. The van der Waals surface area contributed by atoms with Crippen LogP contribution in [0.4, 0.5) is 5.13 Å². The Hall–Kier alpha value is -2.57. The third-order valence-corrected chi connectivity index (χ3v) is 6.11. The number of benzene rings is 2. The predicted molar refractivity (Wildman–Crippen MR) is 112 cm³/mol. The van der Waals surface area contributed by atoms with Crippen LogP contribution in [0.15, 0.2) is 53.9 Å². The van der Waals surface area contributed by atoms with Gasteiger partial charge < -0.3 is 14.4 Å². The number of nitrogens with zero attached hydrogens (tertiary/aromatic N) is 3. The van der Waals surface area contributed by atoms with E-state index in [0.717, 1.165) is 55.0 Å². The van der Waals surface area contributed by atoms with Crippen molar-refractivity contribution in [3.05, 3.63) is 59.5 Å². The zero-order chi connectivity index (χ0) is 18.9. The van der Waals surface area contributed by atoms with Crippen molar-refractivity contribution in [3.63, 3.8) is 0 Å². The maximum absolute atomic E-state index is 5.69. The Morgan fingerprint density at radius 3 is 2.61 bits per heavy atom. The minimum Gasteiger partial charge on any atom is -0.451 e. The van der Waals surface area contributed by atoms with Gasteiger partial charge in [-0.25, -0.2) is 4.98 Å². The molecule has 1 aromatic heterocycles. The molecule has 2 aliphatic heterocycles. The van der Waals surface area contributed by atoms with Crippen molar-refractivity contribution >= 4 is 16.5 Å². The molecule has 0 N–H and O–H groups in total. The lowest BCUT2D eigenvalue weighted by atomic mass is 10.1. The summed E-state index contributed by atoms with van der Waals surface area (Å²) in [4.78, 5) is 9.74. The summed E-state index contributed by atoms with van der Waals surface area (Å²) in [5.41, 5.74) is 3.52. The Labute approximate surface area is 169 Å². The molecule has 1 atom stereocenters. The Bertz CT molecular complexity index is 951. The first kappa shape index (κ1) is 17.5. The summed E-state index contributed by atoms with van der Waals surface area (Å²) >= 11 is 1.74. The molecule has 5 nitrogen and oxygen atoms in total. The Morgan fingerprint density at radius 2 is 1.79 bits per heavy atom. The number of aromatic nitrogens is 1. The molecule has 5 rings (SSSR count). The predicted octanol–water partition coefficient (Wildman–Crippen LogP) is 4.25. The third kappa shape index (κ3) is 3.57. The first-order chi connectivity index (χ1) is 13.7. The van der Waals surface area contributed by atoms with Crippen LogP contribution in [0.3, 0.4) is 0 Å². The summed E-state index contributed by atoms with van der Waals surface area (Å²) in [6.45, 7) is 6.93. The van der Waals surface area contributed by atoms with Crippen LogP contribution in [0.25, 0.3) is 11.3 Å². The molecule has 3 aromatic rings. The molecule has 28 heavy (non-hydrogen) atoms. The molecule has 2 aromatic carbocycles. The lowest BCUT2D eigenvalue weighted by Gasteiger charge is -2.34. The third-order valence-electron chi connectivity index (χ3n) is 5.20. The highest BCUT2D eigenvalue weighted by molar-refractivity contribution is 7.14. The number of ether oxygens (including phenoxy) is 2. The zero-order valence-electron chi connectivity index (χ0n) is 15.9. The fraction of sp³-hybridized carbons (Fsp3) is 0.318. The molecule has 0 bridgehead atoms. The van der Waals surface area contributed by atoms with Crippen molar-refractivity contribution in [2.75, 3.05) is 31.1 Å². The number of hydrogen-bond donors (Lipinski definition) is 0. The van der Waals surface area contributed by atoms with Crippen molar-refractivity contribution in [1.29, 1.82) is 0 Å². The van der Waals surface area contributed by atoms with E-state index in [0.29, 0.717) is 0 Å². The van der Waals surface area contributed by atoms with Gasteiger partial charge in [0.05, 0.1) is 5.69 Å². The van der Waals surface area contributed by atoms with E-state index in [1.165, 1.54) is 11.1 Å². The first-order valence-corrected chi connectivity index (χ1v) is 10.6. The second kappa shape index (κ2) is 7.45. The molecule has 144 valence electrons. The van der Waals surface area contributed by atoms with Gasteiger partial charge in [-0.1, -0.05) is 36.4 Å². The van der Waals surface area contributed by atoms with Crippen LogP contribution in [0.5, 0.6) is 11.5 Å². The largest absolute Gasteiger partial charge is 0.451 e. The van der Waals surface area contributed by atoms with Crippen molar-refractivity contribution in [3.8, 4) is 22.8 Å². The first-order valence-electron chi connectivity index (χ1n) is 9.69. The Morgan fingerprint density at radius 1 is 1.00 bits per heavy atom. The van der Waals surface area contributed by atoms with E-state index in [4.69, 9.17) is 14.5 Å². The van der Waals surface area contributed by atoms with E-state index in [1.807, 2.05) is 19.1 Å². The fourth-order valence-electron chi connectivity index (χ4n) is 3.73. The van der Waals surface area contributed by atoms with Crippen molar-refractivity contribution in [2.24, 2.45) is 0 Å². The molecule has 2 aliphatic rings. The molecule has 1 saturated heterocycles. The van der Waals surface area contributed by atoms with Gasteiger partial charge in [-0.05, 0) is 17.7 Å². The van der Waals surface area contributed by atoms with Crippen LogP contribution in [-0.4, -0.2) is 42.4 Å². The van der Waals surface area contributed by atoms with Crippen molar-refractivity contribution in [2.45, 2.75) is 19.8 Å². The summed E-state index contributed by atoms with van der Waals surface area (Å²) < 4.78 is 11.3.